The summed E-state index contributed by atoms with van der Waals surface area (Å²) in [6, 6.07) is 23.4. The second-order valence-electron chi connectivity index (χ2n) is 9.40. The fraction of sp³-hybridized carbons (Fsp3) is 0.276. The fourth-order valence-electron chi connectivity index (χ4n) is 4.77. The van der Waals surface area contributed by atoms with Crippen molar-refractivity contribution < 1.29 is 4.79 Å². The lowest BCUT2D eigenvalue weighted by Crippen LogP contribution is -2.45. The highest BCUT2D eigenvalue weighted by Crippen LogP contribution is 2.23. The van der Waals surface area contributed by atoms with E-state index in [1.165, 1.54) is 5.56 Å². The topological polar surface area (TPSA) is 67.2 Å². The quantitative estimate of drug-likeness (QED) is 0.407. The molecule has 1 aliphatic rings. The van der Waals surface area contributed by atoms with Crippen molar-refractivity contribution in [2.45, 2.75) is 32.9 Å². The molecular formula is C29H29ClN4O2. The third-order valence-corrected chi connectivity index (χ3v) is 7.17. The van der Waals surface area contributed by atoms with Gasteiger partial charge in [0, 0.05) is 24.7 Å². The Balaban J connectivity index is 1.40. The van der Waals surface area contributed by atoms with E-state index in [9.17, 15) is 9.59 Å². The van der Waals surface area contributed by atoms with Crippen LogP contribution in [0.15, 0.2) is 77.6 Å². The molecule has 36 heavy (non-hydrogen) atoms. The first-order valence-corrected chi connectivity index (χ1v) is 12.7. The van der Waals surface area contributed by atoms with Gasteiger partial charge in [0.25, 0.3) is 5.56 Å². The Morgan fingerprint density at radius 2 is 1.81 bits per heavy atom. The van der Waals surface area contributed by atoms with E-state index in [1.807, 2.05) is 60.4 Å². The Bertz CT molecular complexity index is 1450. The van der Waals surface area contributed by atoms with E-state index in [0.717, 1.165) is 35.0 Å². The van der Waals surface area contributed by atoms with Gasteiger partial charge in [0.1, 0.15) is 0 Å². The van der Waals surface area contributed by atoms with Crippen molar-refractivity contribution in [3.63, 3.8) is 0 Å². The molecule has 0 bridgehead atoms. The van der Waals surface area contributed by atoms with Gasteiger partial charge in [0.15, 0.2) is 5.82 Å². The summed E-state index contributed by atoms with van der Waals surface area (Å²) in [5.41, 5.74) is 4.56. The Kier molecular flexibility index (Phi) is 7.05. The van der Waals surface area contributed by atoms with Crippen LogP contribution in [0.3, 0.4) is 0 Å². The van der Waals surface area contributed by atoms with Crippen LogP contribution in [0.2, 0.25) is 5.02 Å². The highest BCUT2D eigenvalue weighted by atomic mass is 35.5. The first-order valence-electron chi connectivity index (χ1n) is 12.3. The van der Waals surface area contributed by atoms with Crippen molar-refractivity contribution in [1.29, 1.82) is 0 Å². The van der Waals surface area contributed by atoms with Crippen LogP contribution in [-0.4, -0.2) is 28.5 Å². The fourth-order valence-corrected chi connectivity index (χ4v) is 4.97. The largest absolute Gasteiger partial charge is 0.352 e. The molecule has 184 valence electrons. The van der Waals surface area contributed by atoms with Crippen LogP contribution in [0.4, 0.5) is 5.82 Å². The number of benzene rings is 3. The number of amides is 1. The van der Waals surface area contributed by atoms with Gasteiger partial charge in [-0.25, -0.2) is 4.98 Å². The molecule has 1 fully saturated rings. The zero-order chi connectivity index (χ0) is 25.1. The molecule has 1 saturated heterocycles. The molecule has 1 atom stereocenters. The number of carbonyl (C=O) groups is 1. The first-order chi connectivity index (χ1) is 17.5. The summed E-state index contributed by atoms with van der Waals surface area (Å²) in [5.74, 6) is 0.157. The summed E-state index contributed by atoms with van der Waals surface area (Å²) in [4.78, 5) is 33.5. The van der Waals surface area contributed by atoms with Crippen LogP contribution in [-0.2, 0) is 17.9 Å². The standard InChI is InChI=1S/C29H29ClN4O2/c1-20-12-14-21(15-13-20)18-34-26-11-5-4-10-25(26)32-27(29(34)36)33-16-6-8-23(19-33)28(35)31-17-22-7-2-3-9-24(22)30/h2-5,7,9-15,23H,6,8,16-19H2,1H3,(H,31,35). The number of hydrogen-bond acceptors (Lipinski definition) is 4. The Hall–Kier alpha value is -3.64. The van der Waals surface area contributed by atoms with Crippen molar-refractivity contribution >= 4 is 34.4 Å². The Morgan fingerprint density at radius 3 is 2.61 bits per heavy atom. The summed E-state index contributed by atoms with van der Waals surface area (Å²) in [6.45, 7) is 4.05. The van der Waals surface area contributed by atoms with E-state index in [4.69, 9.17) is 16.6 Å². The number of carbonyl (C=O) groups excluding carboxylic acids is 1. The van der Waals surface area contributed by atoms with E-state index in [-0.39, 0.29) is 17.4 Å². The molecule has 0 radical (unpaired) electrons. The predicted molar refractivity (Wildman–Crippen MR) is 145 cm³/mol. The highest BCUT2D eigenvalue weighted by molar-refractivity contribution is 6.31. The van der Waals surface area contributed by atoms with Gasteiger partial charge in [-0.3, -0.25) is 14.2 Å². The van der Waals surface area contributed by atoms with E-state index < -0.39 is 0 Å². The van der Waals surface area contributed by atoms with Crippen LogP contribution in [0.25, 0.3) is 11.0 Å². The second-order valence-corrected chi connectivity index (χ2v) is 9.80. The van der Waals surface area contributed by atoms with Crippen LogP contribution in [0, 0.1) is 12.8 Å². The third kappa shape index (κ3) is 5.14. The molecule has 0 spiro atoms. The third-order valence-electron chi connectivity index (χ3n) is 6.80. The SMILES string of the molecule is Cc1ccc(Cn2c(=O)c(N3CCCC(C(=O)NCc4ccccc4Cl)C3)nc3ccccc32)cc1. The Morgan fingerprint density at radius 1 is 1.06 bits per heavy atom. The molecule has 1 aromatic heterocycles. The van der Waals surface area contributed by atoms with E-state index >= 15 is 0 Å². The van der Waals surface area contributed by atoms with Crippen LogP contribution in [0.5, 0.6) is 0 Å². The maximum absolute atomic E-state index is 13.7. The molecule has 0 aliphatic carbocycles. The molecular weight excluding hydrogens is 472 g/mol. The number of rotatable bonds is 6. The lowest BCUT2D eigenvalue weighted by molar-refractivity contribution is -0.125. The summed E-state index contributed by atoms with van der Waals surface area (Å²) in [7, 11) is 0. The normalized spacial score (nSPS) is 15.7. The molecule has 7 heteroatoms. The predicted octanol–water partition coefficient (Wildman–Crippen LogP) is 4.94. The van der Waals surface area contributed by atoms with Crippen molar-refractivity contribution in [3.05, 3.63) is 105 Å². The lowest BCUT2D eigenvalue weighted by Gasteiger charge is -2.33. The highest BCUT2D eigenvalue weighted by Gasteiger charge is 2.28. The van der Waals surface area contributed by atoms with Gasteiger partial charge in [0.05, 0.1) is 23.5 Å². The average molecular weight is 501 g/mol. The number of anilines is 1. The number of fused-ring (bicyclic) bond motifs is 1. The number of aryl methyl sites for hydroxylation is 1. The maximum Gasteiger partial charge on any atom is 0.294 e. The minimum Gasteiger partial charge on any atom is -0.352 e. The second kappa shape index (κ2) is 10.5. The summed E-state index contributed by atoms with van der Waals surface area (Å²) >= 11 is 6.24. The minimum atomic E-state index is -0.223. The smallest absolute Gasteiger partial charge is 0.294 e. The van der Waals surface area contributed by atoms with Crippen molar-refractivity contribution in [2.24, 2.45) is 5.92 Å². The number of aromatic nitrogens is 2. The summed E-state index contributed by atoms with van der Waals surface area (Å²) in [5, 5.41) is 3.66. The molecule has 5 rings (SSSR count). The number of halogens is 1. The zero-order valence-electron chi connectivity index (χ0n) is 20.3. The first kappa shape index (κ1) is 24.1. The van der Waals surface area contributed by atoms with E-state index in [0.29, 0.717) is 37.0 Å². The number of nitrogens with zero attached hydrogens (tertiary/aromatic N) is 3. The van der Waals surface area contributed by atoms with Crippen molar-refractivity contribution in [3.8, 4) is 0 Å². The molecule has 1 N–H and O–H groups in total. The number of nitrogens with one attached hydrogen (secondary N) is 1. The van der Waals surface area contributed by atoms with Gasteiger partial charge in [-0.1, -0.05) is 71.8 Å². The monoisotopic (exact) mass is 500 g/mol. The van der Waals surface area contributed by atoms with Gasteiger partial charge in [-0.05, 0) is 49.1 Å². The molecule has 1 amide bonds. The molecule has 3 aromatic carbocycles. The van der Waals surface area contributed by atoms with Gasteiger partial charge in [0.2, 0.25) is 5.91 Å². The van der Waals surface area contributed by atoms with Gasteiger partial charge >= 0.3 is 0 Å². The number of hydrogen-bond donors (Lipinski definition) is 1. The minimum absolute atomic E-state index is 0.0274. The molecule has 1 aliphatic heterocycles. The van der Waals surface area contributed by atoms with E-state index in [1.54, 1.807) is 4.57 Å². The van der Waals surface area contributed by atoms with E-state index in [2.05, 4.69) is 29.6 Å². The van der Waals surface area contributed by atoms with Crippen LogP contribution in [0.1, 0.15) is 29.5 Å². The summed E-state index contributed by atoms with van der Waals surface area (Å²) in [6.07, 6.45) is 1.59. The van der Waals surface area contributed by atoms with Crippen molar-refractivity contribution in [1.82, 2.24) is 14.9 Å². The molecule has 4 aromatic rings. The van der Waals surface area contributed by atoms with Gasteiger partial charge < -0.3 is 10.2 Å². The molecule has 0 saturated carbocycles. The van der Waals surface area contributed by atoms with Gasteiger partial charge in [-0.2, -0.15) is 0 Å². The average Bonchev–Trinajstić information content (AvgIpc) is 2.90. The lowest BCUT2D eigenvalue weighted by atomic mass is 9.97. The molecule has 2 heterocycles. The molecule has 6 nitrogen and oxygen atoms in total. The van der Waals surface area contributed by atoms with Crippen LogP contribution < -0.4 is 15.8 Å². The van der Waals surface area contributed by atoms with Crippen molar-refractivity contribution in [2.75, 3.05) is 18.0 Å². The van der Waals surface area contributed by atoms with Crippen LogP contribution >= 0.6 is 11.6 Å². The maximum atomic E-state index is 13.7. The molecule has 1 unspecified atom stereocenters. The zero-order valence-corrected chi connectivity index (χ0v) is 21.0. The summed E-state index contributed by atoms with van der Waals surface area (Å²) < 4.78 is 1.80. The number of piperidine rings is 1. The number of para-hydroxylation sites is 2. The Labute approximate surface area is 215 Å². The van der Waals surface area contributed by atoms with Gasteiger partial charge in [-0.15, -0.1) is 0 Å².